The van der Waals surface area contributed by atoms with Gasteiger partial charge in [0.25, 0.3) is 0 Å². The zero-order valence-electron chi connectivity index (χ0n) is 15.4. The number of allylic oxidation sites excluding steroid dienone is 1. The number of nitrogens with one attached hydrogen (secondary N) is 1. The van der Waals surface area contributed by atoms with Gasteiger partial charge in [-0.25, -0.2) is 0 Å². The van der Waals surface area contributed by atoms with Crippen molar-refractivity contribution in [1.29, 1.82) is 0 Å². The maximum absolute atomic E-state index is 12.5. The molecular formula is C20H20ClN5OS. The monoisotopic (exact) mass is 413 g/mol. The Morgan fingerprint density at radius 1 is 1.29 bits per heavy atom. The number of halogens is 1. The summed E-state index contributed by atoms with van der Waals surface area (Å²) in [5.74, 6) is 0.622. The van der Waals surface area contributed by atoms with Gasteiger partial charge in [0.1, 0.15) is 0 Å². The van der Waals surface area contributed by atoms with Crippen molar-refractivity contribution in [3.63, 3.8) is 0 Å². The van der Waals surface area contributed by atoms with Crippen LogP contribution in [0.1, 0.15) is 12.5 Å². The van der Waals surface area contributed by atoms with E-state index in [9.17, 15) is 4.79 Å². The largest absolute Gasteiger partial charge is 0.351 e. The van der Waals surface area contributed by atoms with E-state index >= 15 is 0 Å². The van der Waals surface area contributed by atoms with Crippen molar-refractivity contribution < 1.29 is 4.79 Å². The van der Waals surface area contributed by atoms with Crippen molar-refractivity contribution in [3.05, 3.63) is 72.0 Å². The lowest BCUT2D eigenvalue weighted by atomic mass is 10.2. The molecule has 0 aliphatic rings. The molecule has 0 aliphatic carbocycles. The van der Waals surface area contributed by atoms with Crippen LogP contribution in [-0.2, 0) is 17.9 Å². The lowest BCUT2D eigenvalue weighted by molar-refractivity contribution is -0.120. The SMILES string of the molecule is C=CCn1c(S[C@@H](C)C(=O)NCc2ccccc2Cl)nnc1-c1ccncc1. The number of aromatic nitrogens is 4. The number of benzene rings is 1. The molecule has 0 bridgehead atoms. The second kappa shape index (κ2) is 9.52. The third-order valence-corrected chi connectivity index (χ3v) is 5.48. The van der Waals surface area contributed by atoms with E-state index in [1.54, 1.807) is 24.5 Å². The fourth-order valence-electron chi connectivity index (χ4n) is 2.56. The molecule has 8 heteroatoms. The molecule has 144 valence electrons. The first-order valence-electron chi connectivity index (χ1n) is 8.72. The maximum atomic E-state index is 12.5. The molecule has 0 fully saturated rings. The molecule has 1 N–H and O–H groups in total. The third kappa shape index (κ3) is 4.79. The molecule has 0 saturated heterocycles. The van der Waals surface area contributed by atoms with Crippen molar-refractivity contribution in [2.75, 3.05) is 0 Å². The highest BCUT2D eigenvalue weighted by Gasteiger charge is 2.20. The quantitative estimate of drug-likeness (QED) is 0.446. The number of hydrogen-bond acceptors (Lipinski definition) is 5. The van der Waals surface area contributed by atoms with Gasteiger partial charge in [0.15, 0.2) is 11.0 Å². The molecule has 0 saturated carbocycles. The summed E-state index contributed by atoms with van der Waals surface area (Å²) in [6, 6.07) is 11.2. The van der Waals surface area contributed by atoms with E-state index in [-0.39, 0.29) is 11.2 Å². The van der Waals surface area contributed by atoms with E-state index < -0.39 is 0 Å². The molecule has 0 aliphatic heterocycles. The minimum Gasteiger partial charge on any atom is -0.351 e. The molecule has 2 heterocycles. The summed E-state index contributed by atoms with van der Waals surface area (Å²) in [5, 5.41) is 12.4. The van der Waals surface area contributed by atoms with Gasteiger partial charge in [-0.15, -0.1) is 16.8 Å². The molecule has 6 nitrogen and oxygen atoms in total. The summed E-state index contributed by atoms with van der Waals surface area (Å²) < 4.78 is 1.94. The highest BCUT2D eigenvalue weighted by molar-refractivity contribution is 8.00. The number of thioether (sulfide) groups is 1. The van der Waals surface area contributed by atoms with Crippen LogP contribution in [0, 0.1) is 0 Å². The molecule has 3 aromatic rings. The van der Waals surface area contributed by atoms with E-state index in [0.29, 0.717) is 29.1 Å². The average molecular weight is 414 g/mol. The van der Waals surface area contributed by atoms with Gasteiger partial charge in [-0.1, -0.05) is 47.6 Å². The van der Waals surface area contributed by atoms with Crippen molar-refractivity contribution in [1.82, 2.24) is 25.1 Å². The van der Waals surface area contributed by atoms with E-state index in [0.717, 1.165) is 11.1 Å². The van der Waals surface area contributed by atoms with E-state index in [1.165, 1.54) is 11.8 Å². The zero-order chi connectivity index (χ0) is 19.9. The van der Waals surface area contributed by atoms with Crippen LogP contribution in [0.4, 0.5) is 0 Å². The van der Waals surface area contributed by atoms with Crippen LogP contribution in [0.5, 0.6) is 0 Å². The minimum atomic E-state index is -0.347. The Kier molecular flexibility index (Phi) is 6.84. The highest BCUT2D eigenvalue weighted by atomic mass is 35.5. The summed E-state index contributed by atoms with van der Waals surface area (Å²) in [4.78, 5) is 16.5. The molecule has 3 rings (SSSR count). The van der Waals surface area contributed by atoms with Gasteiger partial charge in [-0.2, -0.15) is 0 Å². The first-order chi connectivity index (χ1) is 13.6. The number of carbonyl (C=O) groups is 1. The first kappa shape index (κ1) is 20.1. The Morgan fingerprint density at radius 3 is 2.75 bits per heavy atom. The summed E-state index contributed by atoms with van der Waals surface area (Å²) >= 11 is 7.50. The average Bonchev–Trinajstić information content (AvgIpc) is 3.10. The number of hydrogen-bond donors (Lipinski definition) is 1. The van der Waals surface area contributed by atoms with Crippen LogP contribution in [0.2, 0.25) is 5.02 Å². The standard InChI is InChI=1S/C20H20ClN5OS/c1-3-12-26-18(15-8-10-22-11-9-15)24-25-20(26)28-14(2)19(27)23-13-16-6-4-5-7-17(16)21/h3-11,14H,1,12-13H2,2H3,(H,23,27)/t14-/m0/s1. The normalized spacial score (nSPS) is 11.8. The number of amides is 1. The Morgan fingerprint density at radius 2 is 2.04 bits per heavy atom. The Balaban J connectivity index is 1.70. The number of pyridine rings is 1. The van der Waals surface area contributed by atoms with Gasteiger partial charge in [-0.05, 0) is 30.7 Å². The first-order valence-corrected chi connectivity index (χ1v) is 9.98. The molecule has 0 unspecified atom stereocenters. The fourth-order valence-corrected chi connectivity index (χ4v) is 3.65. The molecule has 1 atom stereocenters. The van der Waals surface area contributed by atoms with Crippen molar-refractivity contribution >= 4 is 29.3 Å². The Labute approximate surface area is 173 Å². The van der Waals surface area contributed by atoms with Crippen molar-refractivity contribution in [2.45, 2.75) is 30.4 Å². The second-order valence-electron chi connectivity index (χ2n) is 6.01. The van der Waals surface area contributed by atoms with E-state index in [2.05, 4.69) is 27.1 Å². The van der Waals surface area contributed by atoms with Gasteiger partial charge in [0, 0.05) is 36.1 Å². The lowest BCUT2D eigenvalue weighted by Crippen LogP contribution is -2.30. The number of nitrogens with zero attached hydrogens (tertiary/aromatic N) is 4. The second-order valence-corrected chi connectivity index (χ2v) is 7.73. The van der Waals surface area contributed by atoms with Crippen LogP contribution >= 0.6 is 23.4 Å². The molecule has 1 amide bonds. The van der Waals surface area contributed by atoms with Crippen LogP contribution in [0.15, 0.2) is 66.6 Å². The molecular weight excluding hydrogens is 394 g/mol. The maximum Gasteiger partial charge on any atom is 0.233 e. The smallest absolute Gasteiger partial charge is 0.233 e. The summed E-state index contributed by atoms with van der Waals surface area (Å²) in [7, 11) is 0. The van der Waals surface area contributed by atoms with Crippen molar-refractivity contribution in [3.8, 4) is 11.4 Å². The summed E-state index contributed by atoms with van der Waals surface area (Å²) in [6.45, 7) is 6.57. The van der Waals surface area contributed by atoms with Gasteiger partial charge >= 0.3 is 0 Å². The Hall–Kier alpha value is -2.64. The lowest BCUT2D eigenvalue weighted by Gasteiger charge is -2.13. The highest BCUT2D eigenvalue weighted by Crippen LogP contribution is 2.27. The molecule has 0 spiro atoms. The van der Waals surface area contributed by atoms with E-state index in [1.807, 2.05) is 41.8 Å². The summed E-state index contributed by atoms with van der Waals surface area (Å²) in [6.07, 6.45) is 5.19. The van der Waals surface area contributed by atoms with Crippen LogP contribution in [0.3, 0.4) is 0 Å². The molecule has 28 heavy (non-hydrogen) atoms. The summed E-state index contributed by atoms with van der Waals surface area (Å²) in [5.41, 5.74) is 1.79. The van der Waals surface area contributed by atoms with E-state index in [4.69, 9.17) is 11.6 Å². The molecule has 2 aromatic heterocycles. The minimum absolute atomic E-state index is 0.0940. The predicted octanol–water partition coefficient (Wildman–Crippen LogP) is 3.98. The third-order valence-electron chi connectivity index (χ3n) is 4.03. The van der Waals surface area contributed by atoms with Gasteiger partial charge < -0.3 is 5.32 Å². The van der Waals surface area contributed by atoms with Crippen LogP contribution < -0.4 is 5.32 Å². The molecule has 0 radical (unpaired) electrons. The number of rotatable bonds is 8. The Bertz CT molecular complexity index is 960. The number of carbonyl (C=O) groups excluding carboxylic acids is 1. The van der Waals surface area contributed by atoms with Crippen LogP contribution in [-0.4, -0.2) is 30.9 Å². The van der Waals surface area contributed by atoms with Gasteiger partial charge in [-0.3, -0.25) is 14.3 Å². The van der Waals surface area contributed by atoms with Gasteiger partial charge in [0.05, 0.1) is 5.25 Å². The van der Waals surface area contributed by atoms with Crippen LogP contribution in [0.25, 0.3) is 11.4 Å². The van der Waals surface area contributed by atoms with Crippen molar-refractivity contribution in [2.24, 2.45) is 0 Å². The fraction of sp³-hybridized carbons (Fsp3) is 0.200. The topological polar surface area (TPSA) is 72.7 Å². The van der Waals surface area contributed by atoms with Gasteiger partial charge in [0.2, 0.25) is 5.91 Å². The predicted molar refractivity (Wildman–Crippen MR) is 112 cm³/mol. The molecule has 1 aromatic carbocycles. The zero-order valence-corrected chi connectivity index (χ0v) is 17.0.